The predicted molar refractivity (Wildman–Crippen MR) is 132 cm³/mol. The van der Waals surface area contributed by atoms with Crippen molar-refractivity contribution in [1.29, 1.82) is 0 Å². The van der Waals surface area contributed by atoms with Crippen molar-refractivity contribution in [3.8, 4) is 11.4 Å². The minimum absolute atomic E-state index is 0.0616. The summed E-state index contributed by atoms with van der Waals surface area (Å²) in [6.45, 7) is 1.99. The lowest BCUT2D eigenvalue weighted by atomic mass is 10.2. The molecule has 0 fully saturated rings. The molecule has 0 radical (unpaired) electrons. The van der Waals surface area contributed by atoms with Crippen molar-refractivity contribution in [3.05, 3.63) is 106 Å². The average Bonchev–Trinajstić information content (AvgIpc) is 3.34. The number of nitrogens with zero attached hydrogens (tertiary/aromatic N) is 4. The van der Waals surface area contributed by atoms with E-state index in [9.17, 15) is 18.0 Å². The molecule has 0 atom stereocenters. The Kier molecular flexibility index (Phi) is 6.70. The van der Waals surface area contributed by atoms with Gasteiger partial charge >= 0.3 is 6.18 Å². The third kappa shape index (κ3) is 5.36. The van der Waals surface area contributed by atoms with Crippen molar-refractivity contribution in [3.63, 3.8) is 0 Å². The first-order valence-electron chi connectivity index (χ1n) is 11.1. The van der Waals surface area contributed by atoms with Gasteiger partial charge in [0.1, 0.15) is 11.6 Å². The molecule has 3 aromatic carbocycles. The average molecular weight is 525 g/mol. The van der Waals surface area contributed by atoms with Gasteiger partial charge in [-0.1, -0.05) is 48.2 Å². The molecule has 0 bridgehead atoms. The molecule has 37 heavy (non-hydrogen) atoms. The Morgan fingerprint density at radius 2 is 1.78 bits per heavy atom. The van der Waals surface area contributed by atoms with E-state index in [0.717, 1.165) is 29.5 Å². The lowest BCUT2D eigenvalue weighted by Gasteiger charge is -2.15. The highest BCUT2D eigenvalue weighted by molar-refractivity contribution is 7.98. The van der Waals surface area contributed by atoms with Gasteiger partial charge in [-0.3, -0.25) is 9.36 Å². The predicted octanol–water partition coefficient (Wildman–Crippen LogP) is 5.97. The monoisotopic (exact) mass is 524 g/mol. The summed E-state index contributed by atoms with van der Waals surface area (Å²) in [7, 11) is 0. The van der Waals surface area contributed by atoms with Crippen LogP contribution in [-0.2, 0) is 18.5 Å². The summed E-state index contributed by atoms with van der Waals surface area (Å²) < 4.78 is 52.6. The van der Waals surface area contributed by atoms with Crippen LogP contribution >= 0.6 is 11.8 Å². The van der Waals surface area contributed by atoms with Crippen molar-refractivity contribution in [2.45, 2.75) is 30.7 Å². The molecule has 0 spiro atoms. The number of para-hydroxylation sites is 2. The molecule has 0 saturated heterocycles. The molecule has 11 heteroatoms. The Balaban J connectivity index is 1.43. The quantitative estimate of drug-likeness (QED) is 0.243. The summed E-state index contributed by atoms with van der Waals surface area (Å²) in [6.07, 6.45) is -4.56. The lowest BCUT2D eigenvalue weighted by molar-refractivity contribution is -0.137. The topological polar surface area (TPSA) is 83.0 Å². The number of alkyl halides is 3. The zero-order valence-corrected chi connectivity index (χ0v) is 20.2. The fraction of sp³-hybridized carbons (Fsp3) is 0.154. The first-order valence-corrected chi connectivity index (χ1v) is 12.1. The standard InChI is InChI=1S/C26H19F3N4O3S/c1-16-7-2-5-12-21(16)35-14-23-31-32-25(36-23)37-15-22-30-20-11-4-3-10-19(20)24(34)33(22)18-9-6-8-17(13-18)26(27,28)29/h2-13H,14-15H2,1H3. The number of fused-ring (bicyclic) bond motifs is 1. The third-order valence-electron chi connectivity index (χ3n) is 5.49. The van der Waals surface area contributed by atoms with Crippen molar-refractivity contribution in [2.24, 2.45) is 0 Å². The summed E-state index contributed by atoms with van der Waals surface area (Å²) in [4.78, 5) is 17.9. The number of aryl methyl sites for hydroxylation is 1. The molecule has 5 rings (SSSR count). The van der Waals surface area contributed by atoms with Crippen LogP contribution < -0.4 is 10.3 Å². The highest BCUT2D eigenvalue weighted by Crippen LogP contribution is 2.31. The Labute approximate surface area is 212 Å². The van der Waals surface area contributed by atoms with E-state index in [-0.39, 0.29) is 35.0 Å². The number of hydrogen-bond acceptors (Lipinski definition) is 7. The van der Waals surface area contributed by atoms with Gasteiger partial charge in [0, 0.05) is 0 Å². The van der Waals surface area contributed by atoms with Crippen molar-refractivity contribution in [2.75, 3.05) is 0 Å². The van der Waals surface area contributed by atoms with Crippen LogP contribution in [0.3, 0.4) is 0 Å². The normalized spacial score (nSPS) is 11.7. The summed E-state index contributed by atoms with van der Waals surface area (Å²) in [5.74, 6) is 1.29. The van der Waals surface area contributed by atoms with Crippen LogP contribution in [0.4, 0.5) is 13.2 Å². The van der Waals surface area contributed by atoms with E-state index in [1.165, 1.54) is 16.7 Å². The zero-order valence-electron chi connectivity index (χ0n) is 19.4. The van der Waals surface area contributed by atoms with Gasteiger partial charge in [0.25, 0.3) is 16.7 Å². The summed E-state index contributed by atoms with van der Waals surface area (Å²) in [5, 5.41) is 8.49. The number of hydrogen-bond donors (Lipinski definition) is 0. The number of halogens is 3. The van der Waals surface area contributed by atoms with E-state index in [2.05, 4.69) is 15.2 Å². The van der Waals surface area contributed by atoms with E-state index in [4.69, 9.17) is 9.15 Å². The molecule has 0 saturated carbocycles. The first kappa shape index (κ1) is 24.6. The van der Waals surface area contributed by atoms with E-state index < -0.39 is 17.3 Å². The van der Waals surface area contributed by atoms with Crippen LogP contribution in [0.25, 0.3) is 16.6 Å². The SMILES string of the molecule is Cc1ccccc1OCc1nnc(SCc2nc3ccccc3c(=O)n2-c2cccc(C(F)(F)F)c2)o1. The molecular weight excluding hydrogens is 505 g/mol. The molecular formula is C26H19F3N4O3S. The van der Waals surface area contributed by atoms with Crippen LogP contribution in [0.1, 0.15) is 22.8 Å². The molecule has 0 aliphatic heterocycles. The molecule has 7 nitrogen and oxygen atoms in total. The second-order valence-electron chi connectivity index (χ2n) is 8.04. The molecule has 0 amide bonds. The molecule has 0 aliphatic carbocycles. The van der Waals surface area contributed by atoms with Crippen molar-refractivity contribution < 1.29 is 22.3 Å². The summed E-state index contributed by atoms with van der Waals surface area (Å²) in [6, 6.07) is 18.8. The van der Waals surface area contributed by atoms with Crippen molar-refractivity contribution in [1.82, 2.24) is 19.7 Å². The maximum atomic E-state index is 13.4. The second kappa shape index (κ2) is 10.1. The molecule has 5 aromatic rings. The van der Waals surface area contributed by atoms with E-state index in [0.29, 0.717) is 16.7 Å². The molecule has 2 heterocycles. The molecule has 0 N–H and O–H groups in total. The number of aromatic nitrogens is 4. The maximum absolute atomic E-state index is 13.4. The molecule has 0 unspecified atom stereocenters. The van der Waals surface area contributed by atoms with Gasteiger partial charge in [-0.05, 0) is 48.9 Å². The fourth-order valence-corrected chi connectivity index (χ4v) is 4.40. The fourth-order valence-electron chi connectivity index (χ4n) is 3.70. The summed E-state index contributed by atoms with van der Waals surface area (Å²) >= 11 is 1.11. The lowest BCUT2D eigenvalue weighted by Crippen LogP contribution is -2.24. The Morgan fingerprint density at radius 3 is 2.59 bits per heavy atom. The largest absolute Gasteiger partial charge is 0.484 e. The van der Waals surface area contributed by atoms with Crippen molar-refractivity contribution >= 4 is 22.7 Å². The van der Waals surface area contributed by atoms with Crippen LogP contribution in [0.5, 0.6) is 5.75 Å². The summed E-state index contributed by atoms with van der Waals surface area (Å²) in [5.41, 5.74) is 0.125. The maximum Gasteiger partial charge on any atom is 0.416 e. The van der Waals surface area contributed by atoms with Gasteiger partial charge in [-0.25, -0.2) is 4.98 Å². The Bertz CT molecular complexity index is 1630. The minimum Gasteiger partial charge on any atom is -0.484 e. The van der Waals surface area contributed by atoms with Gasteiger partial charge in [-0.15, -0.1) is 10.2 Å². The van der Waals surface area contributed by atoms with Gasteiger partial charge in [0.2, 0.25) is 0 Å². The van der Waals surface area contributed by atoms with E-state index in [1.807, 2.05) is 31.2 Å². The molecule has 2 aromatic heterocycles. The second-order valence-corrected chi connectivity index (χ2v) is 8.96. The zero-order chi connectivity index (χ0) is 26.0. The van der Waals surface area contributed by atoms with Crippen LogP contribution in [0.15, 0.2) is 87.2 Å². The Morgan fingerprint density at radius 1 is 1.00 bits per heavy atom. The highest BCUT2D eigenvalue weighted by atomic mass is 32.2. The number of benzene rings is 3. The van der Waals surface area contributed by atoms with Gasteiger partial charge < -0.3 is 9.15 Å². The minimum atomic E-state index is -4.56. The number of thioether (sulfide) groups is 1. The third-order valence-corrected chi connectivity index (χ3v) is 6.31. The number of rotatable bonds is 7. The van der Waals surface area contributed by atoms with E-state index in [1.54, 1.807) is 24.3 Å². The Hall–Kier alpha value is -4.12. The van der Waals surface area contributed by atoms with Crippen LogP contribution in [0, 0.1) is 6.92 Å². The molecule has 0 aliphatic rings. The highest BCUT2D eigenvalue weighted by Gasteiger charge is 2.31. The molecule has 188 valence electrons. The van der Waals surface area contributed by atoms with Gasteiger partial charge in [0.15, 0.2) is 6.61 Å². The van der Waals surface area contributed by atoms with Crippen LogP contribution in [-0.4, -0.2) is 19.7 Å². The smallest absolute Gasteiger partial charge is 0.416 e. The van der Waals surface area contributed by atoms with Gasteiger partial charge in [-0.2, -0.15) is 13.2 Å². The van der Waals surface area contributed by atoms with Crippen LogP contribution in [0.2, 0.25) is 0 Å². The van der Waals surface area contributed by atoms with E-state index >= 15 is 0 Å². The number of ether oxygens (including phenoxy) is 1. The first-order chi connectivity index (χ1) is 17.8. The van der Waals surface area contributed by atoms with Gasteiger partial charge in [0.05, 0.1) is 27.9 Å².